The second-order valence-corrected chi connectivity index (χ2v) is 9.89. The molecule has 0 bridgehead atoms. The first-order valence-corrected chi connectivity index (χ1v) is 14.3. The van der Waals surface area contributed by atoms with Gasteiger partial charge in [0.15, 0.2) is 0 Å². The molecular weight excluding hydrogens is 552 g/mol. The zero-order chi connectivity index (χ0) is 31.9. The molecule has 9 heteroatoms. The van der Waals surface area contributed by atoms with Crippen LogP contribution in [0.15, 0.2) is 107 Å². The first-order chi connectivity index (χ1) is 21.3. The van der Waals surface area contributed by atoms with Crippen LogP contribution in [0.25, 0.3) is 0 Å². The minimum atomic E-state index is -0.323. The van der Waals surface area contributed by atoms with Crippen molar-refractivity contribution < 1.29 is 14.3 Å². The number of ether oxygens (including phenoxy) is 1. The molecule has 0 aliphatic rings. The van der Waals surface area contributed by atoms with E-state index in [9.17, 15) is 9.59 Å². The van der Waals surface area contributed by atoms with Gasteiger partial charge in [-0.15, -0.1) is 0 Å². The van der Waals surface area contributed by atoms with E-state index in [-0.39, 0.29) is 11.8 Å². The molecule has 228 valence electrons. The number of anilines is 2. The van der Waals surface area contributed by atoms with Gasteiger partial charge in [0.05, 0.1) is 12.4 Å². The number of hydrogen-bond donors (Lipinski definition) is 2. The number of benzene rings is 4. The van der Waals surface area contributed by atoms with E-state index >= 15 is 0 Å². The Morgan fingerprint density at radius 3 is 1.50 bits per heavy atom. The van der Waals surface area contributed by atoms with E-state index in [1.54, 1.807) is 24.3 Å². The first kappa shape index (κ1) is 33.1. The molecule has 0 radical (unpaired) electrons. The molecule has 9 nitrogen and oxygen atoms in total. The molecule has 0 saturated heterocycles. The Balaban J connectivity index is 0.00000259. The van der Waals surface area contributed by atoms with E-state index in [1.165, 1.54) is 12.4 Å². The average Bonchev–Trinajstić information content (AvgIpc) is 3.05. The van der Waals surface area contributed by atoms with Crippen LogP contribution >= 0.6 is 0 Å². The molecule has 0 aromatic heterocycles. The average molecular weight is 593 g/mol. The van der Waals surface area contributed by atoms with E-state index in [2.05, 4.69) is 21.1 Å². The quantitative estimate of drug-likeness (QED) is 0.166. The smallest absolute Gasteiger partial charge is 0.271 e. The van der Waals surface area contributed by atoms with Gasteiger partial charge in [-0.3, -0.25) is 9.59 Å². The molecule has 2 amide bonds. The highest BCUT2D eigenvalue weighted by Crippen LogP contribution is 2.18. The number of hydrazone groups is 2. The van der Waals surface area contributed by atoms with Crippen LogP contribution in [-0.2, 0) is 6.61 Å². The number of nitrogens with one attached hydrogen (secondary N) is 2. The minimum absolute atomic E-state index is 0.323. The SMILES string of the molecule is CC.CN(C)c1ccc(C(=O)N/N=C/c2cc(/C=N/NC(=O)c3ccc(N(C)C)cc3)cc(OCc3ccccc3)c2)cc1. The lowest BCUT2D eigenvalue weighted by Gasteiger charge is -2.12. The van der Waals surface area contributed by atoms with Crippen LogP contribution in [0.5, 0.6) is 5.75 Å². The zero-order valence-electron chi connectivity index (χ0n) is 26.1. The van der Waals surface area contributed by atoms with Crippen molar-refractivity contribution in [3.05, 3.63) is 125 Å². The van der Waals surface area contributed by atoms with Crippen molar-refractivity contribution in [3.63, 3.8) is 0 Å². The van der Waals surface area contributed by atoms with Gasteiger partial charge in [0.25, 0.3) is 11.8 Å². The molecule has 4 aromatic rings. The molecular formula is C35H40N6O3. The highest BCUT2D eigenvalue weighted by Gasteiger charge is 2.07. The maximum atomic E-state index is 12.6. The molecule has 0 fully saturated rings. The Morgan fingerprint density at radius 1 is 0.659 bits per heavy atom. The third kappa shape index (κ3) is 10.1. The normalized spacial score (nSPS) is 10.6. The maximum Gasteiger partial charge on any atom is 0.271 e. The van der Waals surface area contributed by atoms with Gasteiger partial charge in [-0.2, -0.15) is 10.2 Å². The van der Waals surface area contributed by atoms with E-state index in [4.69, 9.17) is 4.74 Å². The molecule has 0 atom stereocenters. The van der Waals surface area contributed by atoms with Gasteiger partial charge in [-0.05, 0) is 83.4 Å². The Bertz CT molecular complexity index is 1450. The number of carbonyl (C=O) groups is 2. The fraction of sp³-hybridized carbons (Fsp3) is 0.200. The third-order valence-electron chi connectivity index (χ3n) is 6.25. The van der Waals surface area contributed by atoms with Crippen molar-refractivity contribution in [3.8, 4) is 5.75 Å². The van der Waals surface area contributed by atoms with Crippen LogP contribution in [0.3, 0.4) is 0 Å². The van der Waals surface area contributed by atoms with Crippen molar-refractivity contribution in [2.45, 2.75) is 20.5 Å². The lowest BCUT2D eigenvalue weighted by molar-refractivity contribution is 0.0947. The summed E-state index contributed by atoms with van der Waals surface area (Å²) in [6.45, 7) is 4.37. The molecule has 0 aliphatic carbocycles. The first-order valence-electron chi connectivity index (χ1n) is 14.3. The molecule has 0 saturated carbocycles. The minimum Gasteiger partial charge on any atom is -0.489 e. The zero-order valence-corrected chi connectivity index (χ0v) is 26.1. The second kappa shape index (κ2) is 16.9. The summed E-state index contributed by atoms with van der Waals surface area (Å²) in [5, 5.41) is 8.27. The number of rotatable bonds is 11. The van der Waals surface area contributed by atoms with Gasteiger partial charge in [-0.25, -0.2) is 10.9 Å². The molecule has 0 unspecified atom stereocenters. The molecule has 44 heavy (non-hydrogen) atoms. The standard InChI is InChI=1S/C33H34N6O3.C2H6/c1-38(2)29-14-10-27(11-15-29)32(40)36-34-21-25-18-26(20-31(19-25)42-23-24-8-6-5-7-9-24)22-35-37-33(41)28-12-16-30(17-13-28)39(3)4;1-2/h5-22H,23H2,1-4H3,(H,36,40)(H,37,41);1-2H3/b34-21+,35-22+;. The van der Waals surface area contributed by atoms with Crippen LogP contribution in [0.4, 0.5) is 11.4 Å². The highest BCUT2D eigenvalue weighted by molar-refractivity contribution is 5.96. The molecule has 0 heterocycles. The predicted octanol–water partition coefficient (Wildman–Crippen LogP) is 5.95. The summed E-state index contributed by atoms with van der Waals surface area (Å²) in [6, 6.07) is 29.7. The number of nitrogens with zero attached hydrogens (tertiary/aromatic N) is 4. The molecule has 0 spiro atoms. The van der Waals surface area contributed by atoms with Gasteiger partial charge in [0.2, 0.25) is 0 Å². The van der Waals surface area contributed by atoms with E-state index in [1.807, 2.05) is 125 Å². The van der Waals surface area contributed by atoms with Gasteiger partial charge < -0.3 is 14.5 Å². The van der Waals surface area contributed by atoms with Crippen molar-refractivity contribution in [2.24, 2.45) is 10.2 Å². The second-order valence-electron chi connectivity index (χ2n) is 9.89. The maximum absolute atomic E-state index is 12.6. The van der Waals surface area contributed by atoms with Gasteiger partial charge in [0.1, 0.15) is 12.4 Å². The molecule has 2 N–H and O–H groups in total. The van der Waals surface area contributed by atoms with Crippen LogP contribution in [-0.4, -0.2) is 52.4 Å². The van der Waals surface area contributed by atoms with Crippen molar-refractivity contribution in [2.75, 3.05) is 38.0 Å². The lowest BCUT2D eigenvalue weighted by atomic mass is 10.1. The Labute approximate surface area is 259 Å². The summed E-state index contributed by atoms with van der Waals surface area (Å²) < 4.78 is 6.02. The Hall–Kier alpha value is -5.44. The van der Waals surface area contributed by atoms with Gasteiger partial charge >= 0.3 is 0 Å². The predicted molar refractivity (Wildman–Crippen MR) is 180 cm³/mol. The molecule has 0 aliphatic heterocycles. The topological polar surface area (TPSA) is 98.6 Å². The Morgan fingerprint density at radius 2 is 1.09 bits per heavy atom. The Kier molecular flexibility index (Phi) is 12.7. The number of amides is 2. The fourth-order valence-electron chi connectivity index (χ4n) is 3.90. The molecule has 4 rings (SSSR count). The van der Waals surface area contributed by atoms with Crippen molar-refractivity contribution in [1.29, 1.82) is 0 Å². The summed E-state index contributed by atoms with van der Waals surface area (Å²) in [4.78, 5) is 29.0. The van der Waals surface area contributed by atoms with E-state index in [0.29, 0.717) is 34.6 Å². The number of hydrogen-bond acceptors (Lipinski definition) is 7. The number of carbonyl (C=O) groups excluding carboxylic acids is 2. The van der Waals surface area contributed by atoms with Gasteiger partial charge in [-0.1, -0.05) is 44.2 Å². The third-order valence-corrected chi connectivity index (χ3v) is 6.25. The molecule has 4 aromatic carbocycles. The summed E-state index contributed by atoms with van der Waals surface area (Å²) in [6.07, 6.45) is 3.06. The lowest BCUT2D eigenvalue weighted by Crippen LogP contribution is -2.18. The largest absolute Gasteiger partial charge is 0.489 e. The summed E-state index contributed by atoms with van der Waals surface area (Å²) in [7, 11) is 7.75. The monoisotopic (exact) mass is 592 g/mol. The summed E-state index contributed by atoms with van der Waals surface area (Å²) in [5.41, 5.74) is 10.5. The summed E-state index contributed by atoms with van der Waals surface area (Å²) >= 11 is 0. The van der Waals surface area contributed by atoms with Crippen molar-refractivity contribution >= 4 is 35.6 Å². The van der Waals surface area contributed by atoms with Crippen LogP contribution in [0, 0.1) is 0 Å². The fourth-order valence-corrected chi connectivity index (χ4v) is 3.90. The summed E-state index contributed by atoms with van der Waals surface area (Å²) in [5.74, 6) is -0.0623. The van der Waals surface area contributed by atoms with Crippen LogP contribution in [0.2, 0.25) is 0 Å². The highest BCUT2D eigenvalue weighted by atomic mass is 16.5. The van der Waals surface area contributed by atoms with Gasteiger partial charge in [0, 0.05) is 50.7 Å². The van der Waals surface area contributed by atoms with E-state index < -0.39 is 0 Å². The van der Waals surface area contributed by atoms with E-state index in [0.717, 1.165) is 16.9 Å². The van der Waals surface area contributed by atoms with Crippen LogP contribution in [0.1, 0.15) is 51.3 Å². The van der Waals surface area contributed by atoms with Crippen molar-refractivity contribution in [1.82, 2.24) is 10.9 Å². The van der Waals surface area contributed by atoms with Crippen LogP contribution < -0.4 is 25.4 Å².